The quantitative estimate of drug-likeness (QED) is 0.653. The summed E-state index contributed by atoms with van der Waals surface area (Å²) in [6, 6.07) is 12.0. The first-order chi connectivity index (χ1) is 10.6. The Morgan fingerprint density at radius 1 is 1.18 bits per heavy atom. The molecule has 0 aliphatic heterocycles. The van der Waals surface area contributed by atoms with Gasteiger partial charge in [0.15, 0.2) is 11.5 Å². The molecule has 0 atom stereocenters. The van der Waals surface area contributed by atoms with Crippen molar-refractivity contribution < 1.29 is 9.47 Å². The lowest BCUT2D eigenvalue weighted by molar-refractivity contribution is 0.292. The van der Waals surface area contributed by atoms with Crippen LogP contribution in [0.2, 0.25) is 0 Å². The molecule has 2 rings (SSSR count). The fourth-order valence-corrected chi connectivity index (χ4v) is 2.51. The van der Waals surface area contributed by atoms with Gasteiger partial charge in [-0.25, -0.2) is 0 Å². The first-order valence-electron chi connectivity index (χ1n) is 7.25. The number of hydrogen-bond donors (Lipinski definition) is 0. The van der Waals surface area contributed by atoms with Crippen molar-refractivity contribution in [3.8, 4) is 11.5 Å². The van der Waals surface area contributed by atoms with Crippen LogP contribution in [0.25, 0.3) is 0 Å². The summed E-state index contributed by atoms with van der Waals surface area (Å²) < 4.78 is 12.0. The Hall–Kier alpha value is -1.81. The minimum absolute atomic E-state index is 0.658. The number of ether oxygens (including phenoxy) is 2. The fourth-order valence-electron chi connectivity index (χ4n) is 1.94. The Labute approximate surface area is 140 Å². The lowest BCUT2D eigenvalue weighted by atomic mass is 10.2. The van der Waals surface area contributed by atoms with Crippen LogP contribution in [0.15, 0.2) is 45.9 Å². The van der Waals surface area contributed by atoms with Gasteiger partial charge < -0.3 is 9.47 Å². The van der Waals surface area contributed by atoms with Crippen molar-refractivity contribution in [3.63, 3.8) is 0 Å². The highest BCUT2D eigenvalue weighted by molar-refractivity contribution is 9.10. The topological polar surface area (TPSA) is 30.8 Å². The zero-order valence-corrected chi connectivity index (χ0v) is 14.7. The minimum Gasteiger partial charge on any atom is -0.493 e. The Morgan fingerprint density at radius 3 is 2.55 bits per heavy atom. The number of benzene rings is 2. The van der Waals surface area contributed by atoms with Crippen LogP contribution in [0, 0.1) is 6.92 Å². The van der Waals surface area contributed by atoms with Gasteiger partial charge in [-0.1, -0.05) is 24.6 Å². The first kappa shape index (κ1) is 16.6. The molecule has 3 nitrogen and oxygen atoms in total. The third-order valence-corrected chi connectivity index (χ3v) is 3.69. The normalized spacial score (nSPS) is 10.9. The predicted molar refractivity (Wildman–Crippen MR) is 94.9 cm³/mol. The predicted octanol–water partition coefficient (Wildman–Crippen LogP) is 5.31. The number of rotatable bonds is 6. The van der Waals surface area contributed by atoms with Gasteiger partial charge in [-0.15, -0.1) is 0 Å². The highest BCUT2D eigenvalue weighted by Gasteiger charge is 2.10. The third kappa shape index (κ3) is 4.34. The maximum atomic E-state index is 5.72. The van der Waals surface area contributed by atoms with Crippen molar-refractivity contribution in [3.05, 3.63) is 52.0 Å². The van der Waals surface area contributed by atoms with E-state index in [0.717, 1.165) is 27.9 Å². The molecular weight excluding hydrogens is 342 g/mol. The van der Waals surface area contributed by atoms with Gasteiger partial charge in [0.2, 0.25) is 0 Å². The van der Waals surface area contributed by atoms with Gasteiger partial charge in [0.25, 0.3) is 0 Å². The van der Waals surface area contributed by atoms with Gasteiger partial charge in [-0.2, -0.15) is 0 Å². The Morgan fingerprint density at radius 2 is 1.91 bits per heavy atom. The number of halogens is 1. The van der Waals surface area contributed by atoms with Crippen LogP contribution >= 0.6 is 15.9 Å². The van der Waals surface area contributed by atoms with E-state index >= 15 is 0 Å². The van der Waals surface area contributed by atoms with E-state index in [-0.39, 0.29) is 0 Å². The van der Waals surface area contributed by atoms with Crippen LogP contribution in [0.4, 0.5) is 5.69 Å². The minimum atomic E-state index is 0.658. The maximum Gasteiger partial charge on any atom is 0.175 e. The lowest BCUT2D eigenvalue weighted by Gasteiger charge is -2.12. The molecule has 116 valence electrons. The van der Waals surface area contributed by atoms with Crippen molar-refractivity contribution in [1.29, 1.82) is 0 Å². The number of methoxy groups -OCH3 is 1. The lowest BCUT2D eigenvalue weighted by Crippen LogP contribution is -1.99. The van der Waals surface area contributed by atoms with Gasteiger partial charge in [0.05, 0.1) is 23.9 Å². The molecule has 4 heteroatoms. The molecule has 0 amide bonds. The van der Waals surface area contributed by atoms with E-state index in [2.05, 4.69) is 34.8 Å². The molecule has 22 heavy (non-hydrogen) atoms. The summed E-state index contributed by atoms with van der Waals surface area (Å²) in [7, 11) is 1.64. The molecule has 0 spiro atoms. The first-order valence-corrected chi connectivity index (χ1v) is 8.04. The summed E-state index contributed by atoms with van der Waals surface area (Å²) in [6.07, 6.45) is 2.77. The van der Waals surface area contributed by atoms with E-state index in [4.69, 9.17) is 9.47 Å². The maximum absolute atomic E-state index is 5.72. The Balaban J connectivity index is 2.24. The average molecular weight is 362 g/mol. The average Bonchev–Trinajstić information content (AvgIpc) is 2.53. The van der Waals surface area contributed by atoms with Crippen molar-refractivity contribution in [2.45, 2.75) is 20.3 Å². The monoisotopic (exact) mass is 361 g/mol. The highest BCUT2D eigenvalue weighted by atomic mass is 79.9. The SMILES string of the molecule is CCCOc1c(Br)cc(C=Nc2ccc(C)cc2)cc1OC. The fraction of sp³-hybridized carbons (Fsp3) is 0.278. The molecule has 0 aromatic heterocycles. The molecule has 0 aliphatic rings. The van der Waals surface area contributed by atoms with Crippen LogP contribution < -0.4 is 9.47 Å². The van der Waals surface area contributed by atoms with E-state index in [9.17, 15) is 0 Å². The summed E-state index contributed by atoms with van der Waals surface area (Å²) in [6.45, 7) is 4.79. The number of aliphatic imine (C=N–C) groups is 1. The zero-order valence-electron chi connectivity index (χ0n) is 13.1. The standard InChI is InChI=1S/C18H20BrNO2/c1-4-9-22-18-16(19)10-14(11-17(18)21-3)12-20-15-7-5-13(2)6-8-15/h5-8,10-12H,4,9H2,1-3H3. The largest absolute Gasteiger partial charge is 0.493 e. The number of aryl methyl sites for hydroxylation is 1. The summed E-state index contributed by atoms with van der Waals surface area (Å²) in [4.78, 5) is 4.48. The molecule has 2 aromatic rings. The Kier molecular flexibility index (Phi) is 6.01. The molecule has 0 fully saturated rings. The van der Waals surface area contributed by atoms with Crippen LogP contribution in [-0.2, 0) is 0 Å². The third-order valence-electron chi connectivity index (χ3n) is 3.10. The van der Waals surface area contributed by atoms with Crippen molar-refractivity contribution in [1.82, 2.24) is 0 Å². The van der Waals surface area contributed by atoms with Crippen LogP contribution in [0.3, 0.4) is 0 Å². The molecule has 0 saturated carbocycles. The van der Waals surface area contributed by atoms with Crippen LogP contribution in [-0.4, -0.2) is 19.9 Å². The molecular formula is C18H20BrNO2. The van der Waals surface area contributed by atoms with E-state index in [1.165, 1.54) is 5.56 Å². The van der Waals surface area contributed by atoms with Gasteiger partial charge in [0, 0.05) is 6.21 Å². The van der Waals surface area contributed by atoms with Crippen LogP contribution in [0.1, 0.15) is 24.5 Å². The second kappa shape index (κ2) is 7.99. The van der Waals surface area contributed by atoms with E-state index in [0.29, 0.717) is 12.4 Å². The van der Waals surface area contributed by atoms with Crippen molar-refractivity contribution in [2.24, 2.45) is 4.99 Å². The van der Waals surface area contributed by atoms with E-state index in [1.54, 1.807) is 7.11 Å². The molecule has 2 aromatic carbocycles. The molecule has 0 heterocycles. The Bertz CT molecular complexity index is 651. The van der Waals surface area contributed by atoms with Gasteiger partial charge >= 0.3 is 0 Å². The molecule has 0 saturated heterocycles. The number of nitrogens with zero attached hydrogens (tertiary/aromatic N) is 1. The van der Waals surface area contributed by atoms with Crippen molar-refractivity contribution in [2.75, 3.05) is 13.7 Å². The zero-order chi connectivity index (χ0) is 15.9. The number of hydrogen-bond acceptors (Lipinski definition) is 3. The second-order valence-corrected chi connectivity index (χ2v) is 5.83. The molecule has 0 radical (unpaired) electrons. The van der Waals surface area contributed by atoms with Crippen molar-refractivity contribution >= 4 is 27.8 Å². The summed E-state index contributed by atoms with van der Waals surface area (Å²) in [5.41, 5.74) is 3.10. The van der Waals surface area contributed by atoms with E-state index < -0.39 is 0 Å². The highest BCUT2D eigenvalue weighted by Crippen LogP contribution is 2.36. The van der Waals surface area contributed by atoms with Crippen LogP contribution in [0.5, 0.6) is 11.5 Å². The molecule has 0 unspecified atom stereocenters. The smallest absolute Gasteiger partial charge is 0.175 e. The second-order valence-electron chi connectivity index (χ2n) is 4.98. The summed E-state index contributed by atoms with van der Waals surface area (Å²) in [5.74, 6) is 1.44. The molecule has 0 N–H and O–H groups in total. The molecule has 0 bridgehead atoms. The van der Waals surface area contributed by atoms with E-state index in [1.807, 2.05) is 42.6 Å². The summed E-state index contributed by atoms with van der Waals surface area (Å²) in [5, 5.41) is 0. The van der Waals surface area contributed by atoms with Gasteiger partial charge in [0.1, 0.15) is 0 Å². The van der Waals surface area contributed by atoms with Gasteiger partial charge in [-0.3, -0.25) is 4.99 Å². The summed E-state index contributed by atoms with van der Waals surface area (Å²) >= 11 is 3.54. The van der Waals surface area contributed by atoms with Gasteiger partial charge in [-0.05, 0) is 59.1 Å². The molecule has 0 aliphatic carbocycles.